The molecule has 29 heavy (non-hydrogen) atoms. The summed E-state index contributed by atoms with van der Waals surface area (Å²) in [5.74, 6) is 1.49. The molecule has 1 aromatic heterocycles. The van der Waals surface area contributed by atoms with Gasteiger partial charge in [0.25, 0.3) is 0 Å². The number of anilines is 1. The normalized spacial score (nSPS) is 11.1. The molecule has 0 aliphatic heterocycles. The molecule has 1 heterocycles. The smallest absolute Gasteiger partial charge is 0.232 e. The lowest BCUT2D eigenvalue weighted by molar-refractivity contribution is -0.119. The number of methoxy groups -OCH3 is 1. The van der Waals surface area contributed by atoms with E-state index < -0.39 is 0 Å². The minimum Gasteiger partial charge on any atom is -0.494 e. The molecule has 0 radical (unpaired) electrons. The van der Waals surface area contributed by atoms with Gasteiger partial charge in [0, 0.05) is 13.1 Å². The quantitative estimate of drug-likeness (QED) is 0.531. The molecule has 0 unspecified atom stereocenters. The predicted octanol–water partition coefficient (Wildman–Crippen LogP) is 3.98. The van der Waals surface area contributed by atoms with E-state index in [1.54, 1.807) is 12.0 Å². The Morgan fingerprint density at radius 1 is 1.10 bits per heavy atom. The number of amides is 1. The molecule has 0 aliphatic rings. The van der Waals surface area contributed by atoms with Crippen molar-refractivity contribution < 1.29 is 14.3 Å². The van der Waals surface area contributed by atoms with Gasteiger partial charge in [-0.05, 0) is 44.8 Å². The van der Waals surface area contributed by atoms with Crippen molar-refractivity contribution in [2.45, 2.75) is 13.3 Å². The molecular formula is C22H27N3O3S. The lowest BCUT2D eigenvalue weighted by Crippen LogP contribution is -2.37. The molecule has 0 fully saturated rings. The molecule has 0 aliphatic carbocycles. The largest absolute Gasteiger partial charge is 0.494 e. The highest BCUT2D eigenvalue weighted by atomic mass is 32.1. The number of nitrogens with zero attached hydrogens (tertiary/aromatic N) is 3. The van der Waals surface area contributed by atoms with Crippen molar-refractivity contribution in [2.75, 3.05) is 45.8 Å². The monoisotopic (exact) mass is 413 g/mol. The van der Waals surface area contributed by atoms with Crippen molar-refractivity contribution in [1.29, 1.82) is 0 Å². The SMILES string of the molecule is COc1ccc(C)c2sc(N(CCN(C)C)C(=O)CCOc3ccccc3)nc12. The second kappa shape index (κ2) is 9.71. The molecule has 0 N–H and O–H groups in total. The van der Waals surface area contributed by atoms with Gasteiger partial charge < -0.3 is 14.4 Å². The van der Waals surface area contributed by atoms with Crippen LogP contribution >= 0.6 is 11.3 Å². The third-order valence-corrected chi connectivity index (χ3v) is 5.76. The molecule has 0 atom stereocenters. The summed E-state index contributed by atoms with van der Waals surface area (Å²) in [7, 11) is 5.62. The Morgan fingerprint density at radius 2 is 1.86 bits per heavy atom. The highest BCUT2D eigenvalue weighted by Gasteiger charge is 2.21. The van der Waals surface area contributed by atoms with Crippen LogP contribution in [0.25, 0.3) is 10.2 Å². The average Bonchev–Trinajstić information content (AvgIpc) is 3.15. The Balaban J connectivity index is 1.80. The van der Waals surface area contributed by atoms with Crippen molar-refractivity contribution >= 4 is 32.6 Å². The number of ether oxygens (including phenoxy) is 2. The Morgan fingerprint density at radius 3 is 2.55 bits per heavy atom. The zero-order chi connectivity index (χ0) is 20.8. The molecule has 2 aromatic carbocycles. The van der Waals surface area contributed by atoms with Gasteiger partial charge in [0.1, 0.15) is 17.0 Å². The molecule has 0 saturated carbocycles. The Kier molecular flexibility index (Phi) is 7.06. The first-order chi connectivity index (χ1) is 14.0. The van der Waals surface area contributed by atoms with E-state index in [-0.39, 0.29) is 12.3 Å². The lowest BCUT2D eigenvalue weighted by Gasteiger charge is -2.22. The van der Waals surface area contributed by atoms with Gasteiger partial charge in [-0.15, -0.1) is 0 Å². The third kappa shape index (κ3) is 5.25. The van der Waals surface area contributed by atoms with Crippen LogP contribution in [-0.2, 0) is 4.79 Å². The van der Waals surface area contributed by atoms with E-state index >= 15 is 0 Å². The summed E-state index contributed by atoms with van der Waals surface area (Å²) in [5, 5.41) is 0.694. The number of fused-ring (bicyclic) bond motifs is 1. The number of carbonyl (C=O) groups is 1. The molecule has 3 rings (SSSR count). The fourth-order valence-corrected chi connectivity index (χ4v) is 4.01. The van der Waals surface area contributed by atoms with Crippen molar-refractivity contribution in [2.24, 2.45) is 0 Å². The van der Waals surface area contributed by atoms with Gasteiger partial charge in [-0.3, -0.25) is 9.69 Å². The van der Waals surface area contributed by atoms with Crippen LogP contribution in [0.5, 0.6) is 11.5 Å². The third-order valence-electron chi connectivity index (χ3n) is 4.54. The van der Waals surface area contributed by atoms with Crippen LogP contribution < -0.4 is 14.4 Å². The van der Waals surface area contributed by atoms with Gasteiger partial charge in [-0.2, -0.15) is 0 Å². The second-order valence-corrected chi connectivity index (χ2v) is 8.00. The summed E-state index contributed by atoms with van der Waals surface area (Å²) in [6.07, 6.45) is 0.286. The Hall–Kier alpha value is -2.64. The highest BCUT2D eigenvalue weighted by molar-refractivity contribution is 7.22. The van der Waals surface area contributed by atoms with Gasteiger partial charge in [0.2, 0.25) is 5.91 Å². The number of hydrogen-bond donors (Lipinski definition) is 0. The molecule has 7 heteroatoms. The van der Waals surface area contributed by atoms with Crippen molar-refractivity contribution in [3.63, 3.8) is 0 Å². The van der Waals surface area contributed by atoms with Gasteiger partial charge >= 0.3 is 0 Å². The number of likely N-dealkylation sites (N-methyl/N-ethyl adjacent to an activating group) is 1. The number of benzene rings is 2. The summed E-state index contributed by atoms with van der Waals surface area (Å²) in [6, 6.07) is 13.5. The first kappa shape index (κ1) is 21.1. The molecule has 1 amide bonds. The molecule has 6 nitrogen and oxygen atoms in total. The fraction of sp³-hybridized carbons (Fsp3) is 0.364. The number of thiazole rings is 1. The van der Waals surface area contributed by atoms with Gasteiger partial charge in [-0.25, -0.2) is 4.98 Å². The topological polar surface area (TPSA) is 54.9 Å². The molecule has 0 spiro atoms. The average molecular weight is 414 g/mol. The highest BCUT2D eigenvalue weighted by Crippen LogP contribution is 2.36. The molecule has 0 saturated heterocycles. The summed E-state index contributed by atoms with van der Waals surface area (Å²) in [4.78, 5) is 21.6. The first-order valence-electron chi connectivity index (χ1n) is 9.56. The summed E-state index contributed by atoms with van der Waals surface area (Å²) >= 11 is 1.53. The Bertz CT molecular complexity index is 957. The summed E-state index contributed by atoms with van der Waals surface area (Å²) in [6.45, 7) is 3.69. The lowest BCUT2D eigenvalue weighted by atomic mass is 10.2. The van der Waals surface area contributed by atoms with E-state index in [1.807, 2.05) is 63.5 Å². The van der Waals surface area contributed by atoms with E-state index in [0.29, 0.717) is 18.3 Å². The van der Waals surface area contributed by atoms with E-state index in [9.17, 15) is 4.79 Å². The fourth-order valence-electron chi connectivity index (χ4n) is 2.91. The van der Waals surface area contributed by atoms with Gasteiger partial charge in [-0.1, -0.05) is 35.6 Å². The summed E-state index contributed by atoms with van der Waals surface area (Å²) < 4.78 is 12.2. The van der Waals surface area contributed by atoms with E-state index in [4.69, 9.17) is 14.5 Å². The molecule has 0 bridgehead atoms. The van der Waals surface area contributed by atoms with E-state index in [1.165, 1.54) is 11.3 Å². The van der Waals surface area contributed by atoms with Crippen LogP contribution in [0.4, 0.5) is 5.13 Å². The first-order valence-corrected chi connectivity index (χ1v) is 10.4. The van der Waals surface area contributed by atoms with Crippen LogP contribution in [0.1, 0.15) is 12.0 Å². The van der Waals surface area contributed by atoms with Crippen LogP contribution in [-0.4, -0.2) is 56.7 Å². The number of para-hydroxylation sites is 1. The van der Waals surface area contributed by atoms with Crippen LogP contribution in [0.15, 0.2) is 42.5 Å². The van der Waals surface area contributed by atoms with Crippen molar-refractivity contribution in [3.8, 4) is 11.5 Å². The number of hydrogen-bond acceptors (Lipinski definition) is 6. The predicted molar refractivity (Wildman–Crippen MR) is 118 cm³/mol. The zero-order valence-electron chi connectivity index (χ0n) is 17.3. The minimum absolute atomic E-state index is 0.00143. The maximum Gasteiger partial charge on any atom is 0.232 e. The van der Waals surface area contributed by atoms with Gasteiger partial charge in [0.15, 0.2) is 5.13 Å². The molecule has 3 aromatic rings. The number of aryl methyl sites for hydroxylation is 1. The number of rotatable bonds is 9. The van der Waals surface area contributed by atoms with E-state index in [0.717, 1.165) is 33.8 Å². The standard InChI is InChI=1S/C22H27N3O3S/c1-16-10-11-18(27-4)20-21(16)29-22(23-20)25(14-13-24(2)3)19(26)12-15-28-17-8-6-5-7-9-17/h5-11H,12-15H2,1-4H3. The minimum atomic E-state index is -0.00143. The molecule has 154 valence electrons. The van der Waals surface area contributed by atoms with Gasteiger partial charge in [0.05, 0.1) is 24.8 Å². The number of carbonyl (C=O) groups excluding carboxylic acids is 1. The zero-order valence-corrected chi connectivity index (χ0v) is 18.2. The van der Waals surface area contributed by atoms with Crippen LogP contribution in [0.2, 0.25) is 0 Å². The van der Waals surface area contributed by atoms with Crippen molar-refractivity contribution in [1.82, 2.24) is 9.88 Å². The second-order valence-electron chi connectivity index (χ2n) is 7.02. The van der Waals surface area contributed by atoms with Crippen LogP contribution in [0, 0.1) is 6.92 Å². The number of aromatic nitrogens is 1. The molecular weight excluding hydrogens is 386 g/mol. The Labute approximate surface area is 175 Å². The maximum absolute atomic E-state index is 13.0. The van der Waals surface area contributed by atoms with Crippen molar-refractivity contribution in [3.05, 3.63) is 48.0 Å². The summed E-state index contributed by atoms with van der Waals surface area (Å²) in [5.41, 5.74) is 1.92. The van der Waals surface area contributed by atoms with E-state index in [2.05, 4.69) is 4.90 Å². The van der Waals surface area contributed by atoms with Crippen LogP contribution in [0.3, 0.4) is 0 Å². The maximum atomic E-state index is 13.0.